The molecule has 1 saturated heterocycles. The first kappa shape index (κ1) is 18.5. The smallest absolute Gasteiger partial charge is 0.278 e. The third kappa shape index (κ3) is 3.15. The third-order valence-electron chi connectivity index (χ3n) is 5.28. The van der Waals surface area contributed by atoms with Crippen LogP contribution in [0.1, 0.15) is 34.2 Å². The molecule has 0 aliphatic carbocycles. The summed E-state index contributed by atoms with van der Waals surface area (Å²) in [6.45, 7) is 3.45. The highest BCUT2D eigenvalue weighted by Gasteiger charge is 2.31. The van der Waals surface area contributed by atoms with Gasteiger partial charge in [0.15, 0.2) is 15.6 Å². The lowest BCUT2D eigenvalue weighted by Gasteiger charge is -2.16. The lowest BCUT2D eigenvalue weighted by molar-refractivity contribution is 0.0964. The van der Waals surface area contributed by atoms with Crippen LogP contribution < -0.4 is 5.56 Å². The molecule has 0 saturated carbocycles. The molecule has 1 aliphatic heterocycles. The third-order valence-corrected chi connectivity index (χ3v) is 7.03. The highest BCUT2D eigenvalue weighted by molar-refractivity contribution is 7.91. The van der Waals surface area contributed by atoms with Crippen LogP contribution in [0, 0.1) is 13.8 Å². The van der Waals surface area contributed by atoms with Gasteiger partial charge in [-0.25, -0.2) is 13.1 Å². The van der Waals surface area contributed by atoms with Crippen molar-refractivity contribution in [2.24, 2.45) is 0 Å². The van der Waals surface area contributed by atoms with E-state index in [0.29, 0.717) is 28.6 Å². The zero-order valence-electron chi connectivity index (χ0n) is 15.6. The first-order chi connectivity index (χ1) is 13.3. The van der Waals surface area contributed by atoms with E-state index in [0.717, 1.165) is 10.4 Å². The van der Waals surface area contributed by atoms with Crippen LogP contribution in [0.4, 0.5) is 0 Å². The fourth-order valence-electron chi connectivity index (χ4n) is 3.95. The molecule has 8 nitrogen and oxygen atoms in total. The Morgan fingerprint density at radius 3 is 2.71 bits per heavy atom. The second kappa shape index (κ2) is 6.66. The highest BCUT2D eigenvalue weighted by atomic mass is 32.2. The maximum absolute atomic E-state index is 12.9. The molecule has 1 atom stereocenters. The Morgan fingerprint density at radius 2 is 2.00 bits per heavy atom. The number of hydrogen-bond acceptors (Lipinski definition) is 6. The number of aromatic nitrogens is 4. The normalized spacial score (nSPS) is 18.6. The molecule has 3 aromatic rings. The molecule has 0 bridgehead atoms. The predicted octanol–water partition coefficient (Wildman–Crippen LogP) is 1.45. The number of ketones is 1. The number of sulfone groups is 1. The van der Waals surface area contributed by atoms with E-state index in [1.165, 1.54) is 0 Å². The van der Waals surface area contributed by atoms with Gasteiger partial charge >= 0.3 is 0 Å². The van der Waals surface area contributed by atoms with E-state index in [1.807, 2.05) is 11.5 Å². The Bertz CT molecular complexity index is 1260. The van der Waals surface area contributed by atoms with Crippen molar-refractivity contribution in [2.75, 3.05) is 11.5 Å². The molecule has 1 aliphatic rings. The van der Waals surface area contributed by atoms with Crippen molar-refractivity contribution in [1.29, 1.82) is 0 Å². The number of carbonyl (C=O) groups is 1. The van der Waals surface area contributed by atoms with E-state index in [1.54, 1.807) is 37.3 Å². The summed E-state index contributed by atoms with van der Waals surface area (Å²) in [7, 11) is -3.03. The van der Waals surface area contributed by atoms with E-state index in [2.05, 4.69) is 10.3 Å². The number of Topliss-reactive ketones (excluding diaryl/α,β-unsaturated/α-hetero) is 1. The Hall–Kier alpha value is -2.81. The second-order valence-corrected chi connectivity index (χ2v) is 9.43. The number of nitrogens with zero attached hydrogens (tertiary/aromatic N) is 4. The summed E-state index contributed by atoms with van der Waals surface area (Å²) >= 11 is 0. The Balaban J connectivity index is 1.66. The van der Waals surface area contributed by atoms with Crippen molar-refractivity contribution in [3.05, 3.63) is 57.6 Å². The van der Waals surface area contributed by atoms with E-state index >= 15 is 0 Å². The van der Waals surface area contributed by atoms with Crippen molar-refractivity contribution >= 4 is 26.5 Å². The van der Waals surface area contributed by atoms with Crippen LogP contribution >= 0.6 is 0 Å². The molecule has 146 valence electrons. The Labute approximate surface area is 161 Å². The summed E-state index contributed by atoms with van der Waals surface area (Å²) < 4.78 is 26.6. The first-order valence-corrected chi connectivity index (χ1v) is 10.8. The SMILES string of the molecule is Cc1cc(C(=O)Cn2nnc3ccccc3c2=O)c(C)n1[C@H]1CCS(=O)(=O)C1. The molecule has 1 aromatic carbocycles. The Morgan fingerprint density at radius 1 is 1.25 bits per heavy atom. The van der Waals surface area contributed by atoms with Gasteiger partial charge in [0.05, 0.1) is 16.9 Å². The molecule has 0 amide bonds. The number of benzene rings is 1. The minimum atomic E-state index is -3.03. The van der Waals surface area contributed by atoms with Gasteiger partial charge in [-0.2, -0.15) is 0 Å². The number of rotatable bonds is 4. The van der Waals surface area contributed by atoms with Crippen LogP contribution in [-0.4, -0.2) is 45.3 Å². The quantitative estimate of drug-likeness (QED) is 0.614. The lowest BCUT2D eigenvalue weighted by Crippen LogP contribution is -2.28. The molecule has 1 fully saturated rings. The van der Waals surface area contributed by atoms with E-state index in [4.69, 9.17) is 0 Å². The van der Waals surface area contributed by atoms with Gasteiger partial charge in [0.1, 0.15) is 12.1 Å². The van der Waals surface area contributed by atoms with Crippen molar-refractivity contribution in [3.8, 4) is 0 Å². The zero-order valence-corrected chi connectivity index (χ0v) is 16.4. The summed E-state index contributed by atoms with van der Waals surface area (Å²) in [4.78, 5) is 25.4. The predicted molar refractivity (Wildman–Crippen MR) is 104 cm³/mol. The molecule has 2 aromatic heterocycles. The monoisotopic (exact) mass is 400 g/mol. The largest absolute Gasteiger partial charge is 0.344 e. The molecule has 3 heterocycles. The molecule has 9 heteroatoms. The summed E-state index contributed by atoms with van der Waals surface area (Å²) in [6, 6.07) is 8.45. The number of fused-ring (bicyclic) bond motifs is 1. The van der Waals surface area contributed by atoms with Gasteiger partial charge in [0.25, 0.3) is 5.56 Å². The van der Waals surface area contributed by atoms with Crippen molar-refractivity contribution in [3.63, 3.8) is 0 Å². The standard InChI is InChI=1S/C19H20N4O4S/c1-12-9-16(13(2)23(12)14-7-8-28(26,27)11-14)18(24)10-22-19(25)15-5-3-4-6-17(15)20-21-22/h3-6,9,14H,7-8,10-11H2,1-2H3/t14-/m0/s1. The van der Waals surface area contributed by atoms with Gasteiger partial charge in [0.2, 0.25) is 0 Å². The molecular weight excluding hydrogens is 380 g/mol. The second-order valence-electron chi connectivity index (χ2n) is 7.20. The van der Waals surface area contributed by atoms with Gasteiger partial charge in [-0.3, -0.25) is 9.59 Å². The molecular formula is C19H20N4O4S. The fourth-order valence-corrected chi connectivity index (χ4v) is 5.65. The maximum atomic E-state index is 12.9. The number of hydrogen-bond donors (Lipinski definition) is 0. The summed E-state index contributed by atoms with van der Waals surface area (Å²) in [5, 5.41) is 8.29. The van der Waals surface area contributed by atoms with E-state index in [9.17, 15) is 18.0 Å². The van der Waals surface area contributed by atoms with Gasteiger partial charge in [-0.15, -0.1) is 5.10 Å². The highest BCUT2D eigenvalue weighted by Crippen LogP contribution is 2.29. The van der Waals surface area contributed by atoms with Crippen LogP contribution in [0.15, 0.2) is 35.1 Å². The summed E-state index contributed by atoms with van der Waals surface area (Å²) in [5.74, 6) is -0.000889. The average molecular weight is 400 g/mol. The lowest BCUT2D eigenvalue weighted by atomic mass is 10.1. The van der Waals surface area contributed by atoms with Gasteiger partial charge in [-0.1, -0.05) is 17.3 Å². The minimum absolute atomic E-state index is 0.0899. The molecule has 4 rings (SSSR count). The molecule has 0 spiro atoms. The van der Waals surface area contributed by atoms with Crippen LogP contribution in [-0.2, 0) is 16.4 Å². The number of aryl methyl sites for hydroxylation is 1. The maximum Gasteiger partial charge on any atom is 0.278 e. The van der Waals surface area contributed by atoms with Gasteiger partial charge in [-0.05, 0) is 38.5 Å². The minimum Gasteiger partial charge on any atom is -0.344 e. The van der Waals surface area contributed by atoms with E-state index in [-0.39, 0.29) is 35.4 Å². The molecule has 0 N–H and O–H groups in total. The van der Waals surface area contributed by atoms with Crippen molar-refractivity contribution in [2.45, 2.75) is 32.9 Å². The molecule has 28 heavy (non-hydrogen) atoms. The molecule has 0 radical (unpaired) electrons. The van der Waals surface area contributed by atoms with Crippen LogP contribution in [0.5, 0.6) is 0 Å². The van der Waals surface area contributed by atoms with Crippen molar-refractivity contribution < 1.29 is 13.2 Å². The first-order valence-electron chi connectivity index (χ1n) is 9.01. The van der Waals surface area contributed by atoms with Crippen LogP contribution in [0.25, 0.3) is 10.9 Å². The van der Waals surface area contributed by atoms with Crippen molar-refractivity contribution in [1.82, 2.24) is 19.6 Å². The van der Waals surface area contributed by atoms with E-state index < -0.39 is 9.84 Å². The van der Waals surface area contributed by atoms with Gasteiger partial charge in [0, 0.05) is 23.0 Å². The number of carbonyl (C=O) groups excluding carboxylic acids is 1. The molecule has 0 unspecified atom stereocenters. The topological polar surface area (TPSA) is 104 Å². The Kier molecular flexibility index (Phi) is 4.41. The van der Waals surface area contributed by atoms with Crippen LogP contribution in [0.3, 0.4) is 0 Å². The summed E-state index contributed by atoms with van der Waals surface area (Å²) in [5.41, 5.74) is 2.14. The van der Waals surface area contributed by atoms with Crippen LogP contribution in [0.2, 0.25) is 0 Å². The van der Waals surface area contributed by atoms with Gasteiger partial charge < -0.3 is 4.57 Å². The summed E-state index contributed by atoms with van der Waals surface area (Å²) in [6.07, 6.45) is 0.544. The average Bonchev–Trinajstić information content (AvgIpc) is 3.15. The fraction of sp³-hybridized carbons (Fsp3) is 0.368. The zero-order chi connectivity index (χ0) is 20.1.